The molecule has 4 aromatic rings. The molecule has 6 heteroatoms. The van der Waals surface area contributed by atoms with Crippen LogP contribution in [0.25, 0.3) is 10.8 Å². The summed E-state index contributed by atoms with van der Waals surface area (Å²) in [5.74, 6) is -0.383. The fourth-order valence-electron chi connectivity index (χ4n) is 4.80. The van der Waals surface area contributed by atoms with Crippen LogP contribution in [0.15, 0.2) is 79.3 Å². The standard InChI is InChI=1S/C28H28N4O2/c33-27(23-14-20-7-1-2-8-21(20)15-23)32-26(28(34)30-13-12-24-17-29-18-31-24)16-22-10-5-9-19-6-3-4-11-25(19)22/h1-11,17-18,23,26H,12-16H2,(H,29,31)(H,30,34)(H,32,33). The third-order valence-corrected chi connectivity index (χ3v) is 6.61. The molecular weight excluding hydrogens is 424 g/mol. The Hall–Kier alpha value is -3.93. The van der Waals surface area contributed by atoms with Gasteiger partial charge in [0.05, 0.1) is 6.33 Å². The molecule has 1 aliphatic rings. The van der Waals surface area contributed by atoms with Crippen LogP contribution in [0.4, 0.5) is 0 Å². The number of rotatable bonds is 8. The van der Waals surface area contributed by atoms with Crippen molar-refractivity contribution in [1.29, 1.82) is 0 Å². The molecule has 0 spiro atoms. The summed E-state index contributed by atoms with van der Waals surface area (Å²) >= 11 is 0. The van der Waals surface area contributed by atoms with E-state index in [2.05, 4.69) is 50.9 Å². The van der Waals surface area contributed by atoms with Crippen LogP contribution >= 0.6 is 0 Å². The first-order valence-electron chi connectivity index (χ1n) is 11.8. The minimum atomic E-state index is -0.649. The number of fused-ring (bicyclic) bond motifs is 2. The molecule has 1 unspecified atom stereocenters. The maximum absolute atomic E-state index is 13.2. The van der Waals surface area contributed by atoms with Gasteiger partial charge in [0.1, 0.15) is 6.04 Å². The van der Waals surface area contributed by atoms with Gasteiger partial charge >= 0.3 is 0 Å². The monoisotopic (exact) mass is 452 g/mol. The number of benzene rings is 3. The second-order valence-corrected chi connectivity index (χ2v) is 8.90. The Morgan fingerprint density at radius 1 is 0.971 bits per heavy atom. The molecule has 1 aromatic heterocycles. The van der Waals surface area contributed by atoms with Crippen molar-refractivity contribution in [3.8, 4) is 0 Å². The quantitative estimate of drug-likeness (QED) is 0.383. The van der Waals surface area contributed by atoms with Gasteiger partial charge in [-0.3, -0.25) is 9.59 Å². The fraction of sp³-hybridized carbons (Fsp3) is 0.250. The number of H-pyrrole nitrogens is 1. The van der Waals surface area contributed by atoms with Crippen LogP contribution in [-0.2, 0) is 35.3 Å². The van der Waals surface area contributed by atoms with Crippen molar-refractivity contribution < 1.29 is 9.59 Å². The molecule has 2 amide bonds. The summed E-state index contributed by atoms with van der Waals surface area (Å²) < 4.78 is 0. The van der Waals surface area contributed by atoms with Crippen molar-refractivity contribution in [2.24, 2.45) is 5.92 Å². The van der Waals surface area contributed by atoms with Crippen LogP contribution in [0, 0.1) is 5.92 Å². The number of hydrogen-bond donors (Lipinski definition) is 3. The van der Waals surface area contributed by atoms with Gasteiger partial charge in [0, 0.05) is 37.2 Å². The summed E-state index contributed by atoms with van der Waals surface area (Å²) in [5.41, 5.74) is 4.44. The van der Waals surface area contributed by atoms with Gasteiger partial charge in [0.2, 0.25) is 11.8 Å². The topological polar surface area (TPSA) is 86.9 Å². The summed E-state index contributed by atoms with van der Waals surface area (Å²) in [4.78, 5) is 33.5. The van der Waals surface area contributed by atoms with Gasteiger partial charge in [-0.15, -0.1) is 0 Å². The highest BCUT2D eigenvalue weighted by atomic mass is 16.2. The smallest absolute Gasteiger partial charge is 0.242 e. The molecule has 34 heavy (non-hydrogen) atoms. The van der Waals surface area contributed by atoms with Gasteiger partial charge in [0.25, 0.3) is 0 Å². The van der Waals surface area contributed by atoms with Crippen molar-refractivity contribution in [3.63, 3.8) is 0 Å². The van der Waals surface area contributed by atoms with Crippen molar-refractivity contribution >= 4 is 22.6 Å². The van der Waals surface area contributed by atoms with Crippen molar-refractivity contribution in [1.82, 2.24) is 20.6 Å². The predicted octanol–water partition coefficient (Wildman–Crippen LogP) is 3.36. The number of nitrogens with one attached hydrogen (secondary N) is 3. The maximum atomic E-state index is 13.2. The molecule has 1 aliphatic carbocycles. The van der Waals surface area contributed by atoms with Gasteiger partial charge in [0.15, 0.2) is 0 Å². The van der Waals surface area contributed by atoms with E-state index in [0.717, 1.165) is 22.0 Å². The minimum absolute atomic E-state index is 0.0647. The maximum Gasteiger partial charge on any atom is 0.242 e. The highest BCUT2D eigenvalue weighted by molar-refractivity contribution is 5.91. The highest BCUT2D eigenvalue weighted by Gasteiger charge is 2.30. The zero-order chi connectivity index (χ0) is 23.3. The number of nitrogens with zero attached hydrogens (tertiary/aromatic N) is 1. The Labute approximate surface area is 198 Å². The molecule has 1 atom stereocenters. The lowest BCUT2D eigenvalue weighted by Crippen LogP contribution is -2.50. The molecule has 5 rings (SSSR count). The van der Waals surface area contributed by atoms with E-state index in [0.29, 0.717) is 32.2 Å². The molecular formula is C28H28N4O2. The Kier molecular flexibility index (Phi) is 6.38. The highest BCUT2D eigenvalue weighted by Crippen LogP contribution is 2.27. The van der Waals surface area contributed by atoms with Crippen molar-refractivity contribution in [2.45, 2.75) is 31.7 Å². The zero-order valence-corrected chi connectivity index (χ0v) is 19.0. The molecule has 0 saturated carbocycles. The van der Waals surface area contributed by atoms with Crippen LogP contribution in [0.2, 0.25) is 0 Å². The van der Waals surface area contributed by atoms with Crippen LogP contribution < -0.4 is 10.6 Å². The third-order valence-electron chi connectivity index (χ3n) is 6.61. The molecule has 0 aliphatic heterocycles. The molecule has 172 valence electrons. The normalized spacial score (nSPS) is 14.0. The summed E-state index contributed by atoms with van der Waals surface area (Å²) in [6.45, 7) is 0.470. The predicted molar refractivity (Wildman–Crippen MR) is 132 cm³/mol. The van der Waals surface area contributed by atoms with E-state index in [1.165, 1.54) is 11.1 Å². The van der Waals surface area contributed by atoms with E-state index in [4.69, 9.17) is 0 Å². The lowest BCUT2D eigenvalue weighted by atomic mass is 9.97. The van der Waals surface area contributed by atoms with E-state index in [1.807, 2.05) is 36.4 Å². The first kappa shape index (κ1) is 21.9. The van der Waals surface area contributed by atoms with Gasteiger partial charge < -0.3 is 15.6 Å². The average molecular weight is 453 g/mol. The lowest BCUT2D eigenvalue weighted by molar-refractivity contribution is -0.131. The number of carbonyl (C=O) groups is 2. The summed E-state index contributed by atoms with van der Waals surface area (Å²) in [7, 11) is 0. The summed E-state index contributed by atoms with van der Waals surface area (Å²) in [6, 6.07) is 21.8. The van der Waals surface area contributed by atoms with Crippen molar-refractivity contribution in [2.75, 3.05) is 6.54 Å². The number of aromatic amines is 1. The molecule has 0 fully saturated rings. The lowest BCUT2D eigenvalue weighted by Gasteiger charge is -2.21. The zero-order valence-electron chi connectivity index (χ0n) is 19.0. The molecule has 1 heterocycles. The number of carbonyl (C=O) groups excluding carboxylic acids is 2. The molecule has 3 N–H and O–H groups in total. The third kappa shape index (κ3) is 4.86. The van der Waals surface area contributed by atoms with E-state index < -0.39 is 6.04 Å². The Morgan fingerprint density at radius 2 is 1.71 bits per heavy atom. The molecule has 3 aromatic carbocycles. The summed E-state index contributed by atoms with van der Waals surface area (Å²) in [6.07, 6.45) is 5.88. The minimum Gasteiger partial charge on any atom is -0.354 e. The van der Waals surface area contributed by atoms with Crippen LogP contribution in [0.3, 0.4) is 0 Å². The van der Waals surface area contributed by atoms with Crippen molar-refractivity contribution in [3.05, 3.63) is 102 Å². The summed E-state index contributed by atoms with van der Waals surface area (Å²) in [5, 5.41) is 8.30. The second-order valence-electron chi connectivity index (χ2n) is 8.90. The van der Waals surface area contributed by atoms with E-state index in [-0.39, 0.29) is 17.7 Å². The first-order chi connectivity index (χ1) is 16.7. The molecule has 0 radical (unpaired) electrons. The van der Waals surface area contributed by atoms with Crippen LogP contribution in [0.1, 0.15) is 22.4 Å². The van der Waals surface area contributed by atoms with Gasteiger partial charge in [-0.25, -0.2) is 4.98 Å². The van der Waals surface area contributed by atoms with E-state index in [1.54, 1.807) is 12.5 Å². The van der Waals surface area contributed by atoms with Crippen LogP contribution in [0.5, 0.6) is 0 Å². The van der Waals surface area contributed by atoms with E-state index in [9.17, 15) is 9.59 Å². The number of amides is 2. The SMILES string of the molecule is O=C(NC(Cc1cccc2ccccc12)C(=O)NCCc1cnc[nH]1)C1Cc2ccccc2C1. The number of aromatic nitrogens is 2. The second kappa shape index (κ2) is 9.91. The van der Waals surface area contributed by atoms with Gasteiger partial charge in [-0.2, -0.15) is 0 Å². The molecule has 0 saturated heterocycles. The van der Waals surface area contributed by atoms with Gasteiger partial charge in [-0.1, -0.05) is 66.7 Å². The number of imidazole rings is 1. The molecule has 6 nitrogen and oxygen atoms in total. The fourth-order valence-corrected chi connectivity index (χ4v) is 4.80. The molecule has 0 bridgehead atoms. The number of hydrogen-bond acceptors (Lipinski definition) is 3. The van der Waals surface area contributed by atoms with Gasteiger partial charge in [-0.05, 0) is 40.3 Å². The Balaban J connectivity index is 1.32. The average Bonchev–Trinajstić information content (AvgIpc) is 3.54. The largest absolute Gasteiger partial charge is 0.354 e. The van der Waals surface area contributed by atoms with Crippen LogP contribution in [-0.4, -0.2) is 34.4 Å². The van der Waals surface area contributed by atoms with E-state index >= 15 is 0 Å². The Bertz CT molecular complexity index is 1270. The Morgan fingerprint density at radius 3 is 2.47 bits per heavy atom. The first-order valence-corrected chi connectivity index (χ1v) is 11.8.